The van der Waals surface area contributed by atoms with Crippen LogP contribution < -0.4 is 0 Å². The molecule has 118 valence electrons. The van der Waals surface area contributed by atoms with E-state index >= 15 is 0 Å². The molecular weight excluding hydrogens is 304 g/mol. The number of ketones is 1. The molecule has 0 aliphatic heterocycles. The number of benzene rings is 1. The molecule has 0 spiro atoms. The molecule has 1 aliphatic carbocycles. The molecule has 0 N–H and O–H groups in total. The Hall–Kier alpha value is -1.95. The largest absolute Gasteiger partial charge is 0.468 e. The van der Waals surface area contributed by atoms with E-state index < -0.39 is 27.0 Å². The molecule has 22 heavy (non-hydrogen) atoms. The Bertz CT molecular complexity index is 691. The zero-order valence-electron chi connectivity index (χ0n) is 12.4. The molecule has 1 aliphatic rings. The van der Waals surface area contributed by atoms with Gasteiger partial charge in [0.15, 0.2) is 20.9 Å². The van der Waals surface area contributed by atoms with E-state index in [0.717, 1.165) is 7.11 Å². The minimum atomic E-state index is -3.93. The predicted molar refractivity (Wildman–Crippen MR) is 80.8 cm³/mol. The Morgan fingerprint density at radius 1 is 1.27 bits per heavy atom. The summed E-state index contributed by atoms with van der Waals surface area (Å²) in [5.74, 6) is -1.85. The topological polar surface area (TPSA) is 77.5 Å². The van der Waals surface area contributed by atoms with Crippen LogP contribution in [-0.2, 0) is 24.2 Å². The zero-order valence-corrected chi connectivity index (χ0v) is 13.2. The van der Waals surface area contributed by atoms with E-state index in [1.54, 1.807) is 31.2 Å². The fourth-order valence-electron chi connectivity index (χ4n) is 2.68. The van der Waals surface area contributed by atoms with Gasteiger partial charge in [0.2, 0.25) is 0 Å². The summed E-state index contributed by atoms with van der Waals surface area (Å²) >= 11 is 0. The lowest BCUT2D eigenvalue weighted by atomic mass is 9.82. The average molecular weight is 322 g/mol. The van der Waals surface area contributed by atoms with Gasteiger partial charge < -0.3 is 4.74 Å². The molecule has 3 atom stereocenters. The number of ether oxygens (including phenoxy) is 1. The highest BCUT2D eigenvalue weighted by atomic mass is 32.2. The summed E-state index contributed by atoms with van der Waals surface area (Å²) < 4.78 is 30.4. The first kappa shape index (κ1) is 16.4. The first-order valence-corrected chi connectivity index (χ1v) is 8.50. The van der Waals surface area contributed by atoms with Crippen LogP contribution in [0.15, 0.2) is 47.4 Å². The number of sulfone groups is 1. The lowest BCUT2D eigenvalue weighted by molar-refractivity contribution is -0.141. The van der Waals surface area contributed by atoms with Gasteiger partial charge in [0, 0.05) is 6.42 Å². The van der Waals surface area contributed by atoms with Crippen molar-refractivity contribution < 1.29 is 22.7 Å². The van der Waals surface area contributed by atoms with Gasteiger partial charge in [-0.3, -0.25) is 9.59 Å². The first-order chi connectivity index (χ1) is 10.4. The standard InChI is InChI=1S/C16H18O5S/c1-11-8-9-12(17)10-14(11)15(16(18)21-2)22(19,20)13-6-4-3-5-7-13/h3-9,11,14-15H,10H2,1-2H3. The molecule has 1 aromatic carbocycles. The van der Waals surface area contributed by atoms with Crippen molar-refractivity contribution in [2.45, 2.75) is 23.5 Å². The van der Waals surface area contributed by atoms with Gasteiger partial charge in [-0.1, -0.05) is 31.2 Å². The van der Waals surface area contributed by atoms with E-state index in [1.165, 1.54) is 18.2 Å². The van der Waals surface area contributed by atoms with E-state index in [-0.39, 0.29) is 23.0 Å². The molecule has 3 unspecified atom stereocenters. The summed E-state index contributed by atoms with van der Waals surface area (Å²) in [4.78, 5) is 23.9. The third kappa shape index (κ3) is 3.11. The van der Waals surface area contributed by atoms with Crippen molar-refractivity contribution in [3.8, 4) is 0 Å². The molecule has 0 fully saturated rings. The summed E-state index contributed by atoms with van der Waals surface area (Å²) in [5, 5.41) is -1.39. The Morgan fingerprint density at radius 2 is 1.91 bits per heavy atom. The molecule has 0 saturated heterocycles. The molecule has 1 aromatic rings. The number of hydrogen-bond donors (Lipinski definition) is 0. The van der Waals surface area contributed by atoms with Crippen LogP contribution in [0.25, 0.3) is 0 Å². The number of carbonyl (C=O) groups excluding carboxylic acids is 2. The van der Waals surface area contributed by atoms with Gasteiger partial charge in [0.25, 0.3) is 0 Å². The van der Waals surface area contributed by atoms with Crippen molar-refractivity contribution in [3.63, 3.8) is 0 Å². The number of esters is 1. The second-order valence-corrected chi connectivity index (χ2v) is 7.42. The quantitative estimate of drug-likeness (QED) is 0.790. The van der Waals surface area contributed by atoms with Gasteiger partial charge in [-0.2, -0.15) is 0 Å². The van der Waals surface area contributed by atoms with Crippen molar-refractivity contribution in [2.24, 2.45) is 11.8 Å². The molecule has 0 aromatic heterocycles. The van der Waals surface area contributed by atoms with Gasteiger partial charge in [0.05, 0.1) is 12.0 Å². The Kier molecular flexibility index (Phi) is 4.81. The average Bonchev–Trinajstić information content (AvgIpc) is 2.51. The second kappa shape index (κ2) is 6.44. The maximum Gasteiger partial charge on any atom is 0.324 e. The summed E-state index contributed by atoms with van der Waals surface area (Å²) in [5.41, 5.74) is 0. The van der Waals surface area contributed by atoms with Crippen LogP contribution in [0.4, 0.5) is 0 Å². The van der Waals surface area contributed by atoms with Gasteiger partial charge >= 0.3 is 5.97 Å². The number of hydrogen-bond acceptors (Lipinski definition) is 5. The second-order valence-electron chi connectivity index (χ2n) is 5.35. The third-order valence-corrected chi connectivity index (χ3v) is 6.07. The van der Waals surface area contributed by atoms with Crippen LogP contribution in [0.5, 0.6) is 0 Å². The van der Waals surface area contributed by atoms with E-state index in [9.17, 15) is 18.0 Å². The van der Waals surface area contributed by atoms with Gasteiger partial charge in [-0.05, 0) is 30.0 Å². The smallest absolute Gasteiger partial charge is 0.324 e. The molecule has 6 heteroatoms. The van der Waals surface area contributed by atoms with Crippen LogP contribution in [0.1, 0.15) is 13.3 Å². The lowest BCUT2D eigenvalue weighted by Crippen LogP contribution is -2.42. The van der Waals surface area contributed by atoms with Crippen molar-refractivity contribution in [3.05, 3.63) is 42.5 Å². The number of rotatable bonds is 4. The third-order valence-electron chi connectivity index (χ3n) is 3.93. The van der Waals surface area contributed by atoms with Crippen LogP contribution >= 0.6 is 0 Å². The molecular formula is C16H18O5S. The Labute approximate surface area is 129 Å². The molecule has 0 heterocycles. The highest BCUT2D eigenvalue weighted by molar-refractivity contribution is 7.92. The highest BCUT2D eigenvalue weighted by Crippen LogP contribution is 2.33. The maximum absolute atomic E-state index is 12.8. The minimum absolute atomic E-state index is 0.0174. The number of carbonyl (C=O) groups is 2. The summed E-state index contributed by atoms with van der Waals surface area (Å²) in [6.45, 7) is 1.80. The Balaban J connectivity index is 2.50. The fourth-order valence-corrected chi connectivity index (χ4v) is 4.66. The minimum Gasteiger partial charge on any atom is -0.468 e. The van der Waals surface area contributed by atoms with E-state index in [2.05, 4.69) is 0 Å². The van der Waals surface area contributed by atoms with E-state index in [0.29, 0.717) is 0 Å². The molecule has 0 bridgehead atoms. The first-order valence-electron chi connectivity index (χ1n) is 6.95. The van der Waals surface area contributed by atoms with Crippen LogP contribution in [0, 0.1) is 11.8 Å². The fraction of sp³-hybridized carbons (Fsp3) is 0.375. The summed E-state index contributed by atoms with van der Waals surface area (Å²) in [7, 11) is -2.78. The lowest BCUT2D eigenvalue weighted by Gasteiger charge is -2.29. The Morgan fingerprint density at radius 3 is 2.50 bits per heavy atom. The van der Waals surface area contributed by atoms with Crippen LogP contribution in [-0.4, -0.2) is 32.5 Å². The van der Waals surface area contributed by atoms with Crippen molar-refractivity contribution >= 4 is 21.6 Å². The number of methoxy groups -OCH3 is 1. The van der Waals surface area contributed by atoms with Gasteiger partial charge in [0.1, 0.15) is 0 Å². The molecule has 0 radical (unpaired) electrons. The molecule has 5 nitrogen and oxygen atoms in total. The summed E-state index contributed by atoms with van der Waals surface area (Å²) in [6, 6.07) is 7.77. The van der Waals surface area contributed by atoms with Crippen LogP contribution in [0.3, 0.4) is 0 Å². The van der Waals surface area contributed by atoms with Crippen LogP contribution in [0.2, 0.25) is 0 Å². The zero-order chi connectivity index (χ0) is 16.3. The van der Waals surface area contributed by atoms with Gasteiger partial charge in [-0.25, -0.2) is 8.42 Å². The SMILES string of the molecule is COC(=O)C(C1CC(=O)C=CC1C)S(=O)(=O)c1ccccc1. The monoisotopic (exact) mass is 322 g/mol. The normalized spacial score (nSPS) is 23.1. The van der Waals surface area contributed by atoms with Crippen molar-refractivity contribution in [2.75, 3.05) is 7.11 Å². The van der Waals surface area contributed by atoms with Gasteiger partial charge in [-0.15, -0.1) is 0 Å². The number of allylic oxidation sites excluding steroid dienone is 2. The van der Waals surface area contributed by atoms with E-state index in [4.69, 9.17) is 4.74 Å². The highest BCUT2D eigenvalue weighted by Gasteiger charge is 2.44. The summed E-state index contributed by atoms with van der Waals surface area (Å²) in [6.07, 6.45) is 3.10. The molecule has 0 saturated carbocycles. The molecule has 2 rings (SSSR count). The predicted octanol–water partition coefficient (Wildman–Crippen LogP) is 1.78. The molecule has 0 amide bonds. The van der Waals surface area contributed by atoms with Crippen molar-refractivity contribution in [1.82, 2.24) is 0 Å². The van der Waals surface area contributed by atoms with Crippen molar-refractivity contribution in [1.29, 1.82) is 0 Å². The van der Waals surface area contributed by atoms with E-state index in [1.807, 2.05) is 0 Å². The maximum atomic E-state index is 12.8.